The van der Waals surface area contributed by atoms with Crippen molar-refractivity contribution in [3.05, 3.63) is 64.2 Å². The summed E-state index contributed by atoms with van der Waals surface area (Å²) in [5, 5.41) is 3.13. The molecule has 3 aromatic rings. The van der Waals surface area contributed by atoms with Crippen LogP contribution in [0.25, 0.3) is 11.2 Å². The highest BCUT2D eigenvalue weighted by atomic mass is 19.2. The van der Waals surface area contributed by atoms with Crippen molar-refractivity contribution in [3.8, 4) is 0 Å². The van der Waals surface area contributed by atoms with Gasteiger partial charge in [0.05, 0.1) is 5.52 Å². The molecule has 5 heterocycles. The zero-order chi connectivity index (χ0) is 29.2. The number of rotatable bonds is 3. The first-order valence-corrected chi connectivity index (χ1v) is 15.0. The number of pyridine rings is 1. The number of carbonyl (C=O) groups excluding carboxylic acids is 2. The Morgan fingerprint density at radius 3 is 2.45 bits per heavy atom. The van der Waals surface area contributed by atoms with E-state index in [-0.39, 0.29) is 47.9 Å². The van der Waals surface area contributed by atoms with Crippen molar-refractivity contribution in [2.45, 2.75) is 62.9 Å². The summed E-state index contributed by atoms with van der Waals surface area (Å²) < 4.78 is 30.6. The van der Waals surface area contributed by atoms with E-state index in [9.17, 15) is 23.2 Å². The van der Waals surface area contributed by atoms with Gasteiger partial charge in [0.15, 0.2) is 17.3 Å². The normalized spacial score (nSPS) is 22.3. The Labute approximate surface area is 242 Å². The van der Waals surface area contributed by atoms with Gasteiger partial charge in [-0.05, 0) is 68.7 Å². The predicted molar refractivity (Wildman–Crippen MR) is 153 cm³/mol. The van der Waals surface area contributed by atoms with Gasteiger partial charge in [-0.2, -0.15) is 0 Å². The summed E-state index contributed by atoms with van der Waals surface area (Å²) in [7, 11) is 0. The number of piperidine rings is 2. The summed E-state index contributed by atoms with van der Waals surface area (Å²) in [6, 6.07) is 7.15. The maximum absolute atomic E-state index is 14.8. The lowest BCUT2D eigenvalue weighted by Gasteiger charge is -2.36. The van der Waals surface area contributed by atoms with Crippen LogP contribution in [0.1, 0.15) is 62.5 Å². The molecule has 224 valence electrons. The van der Waals surface area contributed by atoms with E-state index >= 15 is 0 Å². The van der Waals surface area contributed by atoms with Crippen LogP contribution in [-0.4, -0.2) is 86.6 Å². The first-order chi connectivity index (χ1) is 20.4. The van der Waals surface area contributed by atoms with Crippen LogP contribution in [0, 0.1) is 11.6 Å². The highest BCUT2D eigenvalue weighted by Crippen LogP contribution is 2.31. The Balaban J connectivity index is 1.13. The summed E-state index contributed by atoms with van der Waals surface area (Å²) in [6.45, 7) is 2.89. The zero-order valence-electron chi connectivity index (χ0n) is 23.6. The molecular formula is C30H37F2N7O3. The number of nitrogens with zero attached hydrogens (tertiary/aromatic N) is 5. The summed E-state index contributed by atoms with van der Waals surface area (Å²) in [5.41, 5.74) is 1.37. The Morgan fingerprint density at radius 2 is 1.67 bits per heavy atom. The number of hydrogen-bond donors (Lipinski definition) is 2. The number of halogens is 2. The van der Waals surface area contributed by atoms with Crippen LogP contribution in [0.5, 0.6) is 0 Å². The average Bonchev–Trinajstić information content (AvgIpc) is 3.21. The highest BCUT2D eigenvalue weighted by Gasteiger charge is 2.34. The van der Waals surface area contributed by atoms with Crippen molar-refractivity contribution in [1.82, 2.24) is 34.6 Å². The van der Waals surface area contributed by atoms with Gasteiger partial charge in [0, 0.05) is 63.5 Å². The molecule has 0 aliphatic carbocycles. The summed E-state index contributed by atoms with van der Waals surface area (Å²) in [6.07, 6.45) is 6.90. The number of carbonyl (C=O) groups is 2. The zero-order valence-corrected chi connectivity index (χ0v) is 23.6. The fourth-order valence-electron chi connectivity index (χ4n) is 6.75. The van der Waals surface area contributed by atoms with E-state index in [0.717, 1.165) is 30.8 Å². The Kier molecular flexibility index (Phi) is 8.12. The van der Waals surface area contributed by atoms with E-state index in [1.54, 1.807) is 32.7 Å². The second-order valence-electron chi connectivity index (χ2n) is 11.7. The second-order valence-corrected chi connectivity index (χ2v) is 11.7. The van der Waals surface area contributed by atoms with Crippen molar-refractivity contribution < 1.29 is 18.4 Å². The molecule has 0 spiro atoms. The molecule has 6 rings (SSSR count). The van der Waals surface area contributed by atoms with Crippen LogP contribution in [0.4, 0.5) is 18.4 Å². The quantitative estimate of drug-likeness (QED) is 0.484. The fraction of sp³-hybridized carbons (Fsp3) is 0.533. The number of urea groups is 2. The first kappa shape index (κ1) is 28.2. The number of benzene rings is 1. The van der Waals surface area contributed by atoms with E-state index in [1.807, 2.05) is 11.0 Å². The molecule has 0 unspecified atom stereocenters. The Hall–Kier alpha value is -3.96. The minimum absolute atomic E-state index is 0.0445. The van der Waals surface area contributed by atoms with Crippen molar-refractivity contribution >= 4 is 23.2 Å². The smallest absolute Gasteiger partial charge is 0.327 e. The third-order valence-corrected chi connectivity index (χ3v) is 9.00. The van der Waals surface area contributed by atoms with E-state index < -0.39 is 11.6 Å². The Bertz CT molecular complexity index is 1490. The van der Waals surface area contributed by atoms with E-state index in [1.165, 1.54) is 6.07 Å². The highest BCUT2D eigenvalue weighted by molar-refractivity contribution is 5.76. The lowest BCUT2D eigenvalue weighted by molar-refractivity contribution is 0.137. The molecule has 12 heteroatoms. The number of aromatic nitrogens is 3. The Morgan fingerprint density at radius 1 is 0.881 bits per heavy atom. The number of hydrogen-bond acceptors (Lipinski definition) is 4. The maximum Gasteiger partial charge on any atom is 0.327 e. The molecule has 4 amide bonds. The van der Waals surface area contributed by atoms with Crippen molar-refractivity contribution in [1.29, 1.82) is 0 Å². The lowest BCUT2D eigenvalue weighted by Crippen LogP contribution is -2.53. The molecule has 10 nitrogen and oxygen atoms in total. The SMILES string of the molecule is O=C(N[C@@H]1CC[C@@H](c2cccc(F)c2F)CN(C(=O)N2CCCCC2)C1)N1CCC(n2c(=O)[nH]c3ncccc32)CC1. The first-order valence-electron chi connectivity index (χ1n) is 15.0. The summed E-state index contributed by atoms with van der Waals surface area (Å²) in [4.78, 5) is 51.9. The standard InChI is InChI=1S/C30H37F2N7O3/c31-24-7-4-6-23(26(24)32)20-9-10-21(19-38(18-20)30(42)37-14-2-1-3-15-37)34-28(40)36-16-11-22(12-17-36)39-25-8-5-13-33-27(25)35-29(39)41/h4-8,13,20-22H,1-3,9-12,14-19H2,(H,34,40)(H,33,35,41)/t20-,21-/m1/s1. The van der Waals surface area contributed by atoms with Gasteiger partial charge in [0.25, 0.3) is 0 Å². The minimum atomic E-state index is -0.898. The third kappa shape index (κ3) is 5.71. The number of amides is 4. The van der Waals surface area contributed by atoms with Gasteiger partial charge in [-0.3, -0.25) is 9.55 Å². The van der Waals surface area contributed by atoms with Crippen LogP contribution >= 0.6 is 0 Å². The fourth-order valence-corrected chi connectivity index (χ4v) is 6.75. The number of nitrogens with one attached hydrogen (secondary N) is 2. The topological polar surface area (TPSA) is 107 Å². The van der Waals surface area contributed by atoms with Crippen LogP contribution in [-0.2, 0) is 0 Å². The lowest BCUT2D eigenvalue weighted by atomic mass is 9.93. The monoisotopic (exact) mass is 581 g/mol. The molecular weight excluding hydrogens is 544 g/mol. The van der Waals surface area contributed by atoms with Gasteiger partial charge in [0.1, 0.15) is 0 Å². The van der Waals surface area contributed by atoms with Gasteiger partial charge in [-0.25, -0.2) is 28.1 Å². The van der Waals surface area contributed by atoms with Crippen LogP contribution < -0.4 is 11.0 Å². The molecule has 1 aromatic carbocycles. The van der Waals surface area contributed by atoms with Gasteiger partial charge >= 0.3 is 17.8 Å². The molecule has 0 radical (unpaired) electrons. The van der Waals surface area contributed by atoms with E-state index in [2.05, 4.69) is 15.3 Å². The molecule has 2 aromatic heterocycles. The second kappa shape index (κ2) is 12.1. The summed E-state index contributed by atoms with van der Waals surface area (Å²) in [5.74, 6) is -2.15. The predicted octanol–water partition coefficient (Wildman–Crippen LogP) is 4.20. The molecule has 3 fully saturated rings. The molecule has 0 bridgehead atoms. The number of imidazole rings is 1. The van der Waals surface area contributed by atoms with Crippen LogP contribution in [0.15, 0.2) is 41.3 Å². The average molecular weight is 582 g/mol. The largest absolute Gasteiger partial charge is 0.333 e. The summed E-state index contributed by atoms with van der Waals surface area (Å²) >= 11 is 0. The van der Waals surface area contributed by atoms with Gasteiger partial charge in [-0.1, -0.05) is 12.1 Å². The molecule has 2 N–H and O–H groups in total. The third-order valence-electron chi connectivity index (χ3n) is 9.00. The number of fused-ring (bicyclic) bond motifs is 1. The number of H-pyrrole nitrogens is 1. The van der Waals surface area contributed by atoms with E-state index in [4.69, 9.17) is 0 Å². The van der Waals surface area contributed by atoms with Crippen LogP contribution in [0.2, 0.25) is 0 Å². The molecule has 3 saturated heterocycles. The van der Waals surface area contributed by atoms with Crippen molar-refractivity contribution in [2.24, 2.45) is 0 Å². The molecule has 0 saturated carbocycles. The van der Waals surface area contributed by atoms with E-state index in [0.29, 0.717) is 64.1 Å². The molecule has 42 heavy (non-hydrogen) atoms. The van der Waals surface area contributed by atoms with Crippen molar-refractivity contribution in [3.63, 3.8) is 0 Å². The van der Waals surface area contributed by atoms with Gasteiger partial charge in [-0.15, -0.1) is 0 Å². The molecule has 3 aliphatic rings. The molecule has 2 atom stereocenters. The minimum Gasteiger partial charge on any atom is -0.333 e. The van der Waals surface area contributed by atoms with Gasteiger partial charge < -0.3 is 20.0 Å². The number of likely N-dealkylation sites (tertiary alicyclic amines) is 3. The number of aromatic amines is 1. The molecule has 3 aliphatic heterocycles. The van der Waals surface area contributed by atoms with Crippen molar-refractivity contribution in [2.75, 3.05) is 39.3 Å². The maximum atomic E-state index is 14.8. The van der Waals surface area contributed by atoms with Crippen LogP contribution in [0.3, 0.4) is 0 Å². The van der Waals surface area contributed by atoms with Gasteiger partial charge in [0.2, 0.25) is 0 Å².